The summed E-state index contributed by atoms with van der Waals surface area (Å²) in [7, 11) is 0. The Morgan fingerprint density at radius 1 is 1.04 bits per heavy atom. The van der Waals surface area contributed by atoms with Crippen LogP contribution in [0.15, 0.2) is 18.2 Å². The number of fused-ring (bicyclic) bond motifs is 1. The van der Waals surface area contributed by atoms with E-state index < -0.39 is 0 Å². The van der Waals surface area contributed by atoms with E-state index in [1.807, 2.05) is 12.1 Å². The minimum absolute atomic E-state index is 0.0484. The summed E-state index contributed by atoms with van der Waals surface area (Å²) in [6.45, 7) is 1.51. The van der Waals surface area contributed by atoms with E-state index in [1.54, 1.807) is 0 Å². The topological polar surface area (TPSA) is 103 Å². The van der Waals surface area contributed by atoms with Crippen LogP contribution in [0.25, 0.3) is 0 Å². The summed E-state index contributed by atoms with van der Waals surface area (Å²) >= 11 is 0. The fraction of sp³-hybridized carbons (Fsp3) is 0.556. The summed E-state index contributed by atoms with van der Waals surface area (Å²) in [5, 5.41) is 5.45. The highest BCUT2D eigenvalue weighted by Crippen LogP contribution is 2.43. The Bertz CT molecular complexity index is 641. The van der Waals surface area contributed by atoms with Gasteiger partial charge in [0.05, 0.1) is 13.1 Å². The minimum Gasteiger partial charge on any atom is -0.486 e. The fourth-order valence-electron chi connectivity index (χ4n) is 3.57. The van der Waals surface area contributed by atoms with Gasteiger partial charge in [0.2, 0.25) is 11.8 Å². The first-order valence-corrected chi connectivity index (χ1v) is 8.77. The maximum atomic E-state index is 12.0. The average molecular weight is 347 g/mol. The number of nitrogens with two attached hydrogens (primary N) is 1. The van der Waals surface area contributed by atoms with Gasteiger partial charge in [-0.1, -0.05) is 18.9 Å². The standard InChI is InChI=1S/C18H25N3O4/c19-10-16(22)20-11-17(23)21-12-18(5-1-2-6-18)13-3-4-14-15(9-13)25-8-7-24-14/h3-4,9H,1-2,5-8,10-12,19H2,(H,20,22)(H,21,23). The van der Waals surface area contributed by atoms with Crippen molar-refractivity contribution in [3.63, 3.8) is 0 Å². The number of amides is 2. The van der Waals surface area contributed by atoms with E-state index in [0.717, 1.165) is 37.2 Å². The molecule has 2 amide bonds. The molecule has 0 bridgehead atoms. The summed E-state index contributed by atoms with van der Waals surface area (Å²) in [4.78, 5) is 23.2. The minimum atomic E-state index is -0.336. The third-order valence-corrected chi connectivity index (χ3v) is 4.97. The summed E-state index contributed by atoms with van der Waals surface area (Å²) in [6.07, 6.45) is 4.30. The van der Waals surface area contributed by atoms with Gasteiger partial charge in [0, 0.05) is 12.0 Å². The number of ether oxygens (including phenoxy) is 2. The van der Waals surface area contributed by atoms with Gasteiger partial charge in [0.15, 0.2) is 11.5 Å². The Kier molecular flexibility index (Phi) is 5.43. The molecule has 1 aliphatic carbocycles. The number of hydrogen-bond acceptors (Lipinski definition) is 5. The molecule has 7 nitrogen and oxygen atoms in total. The monoisotopic (exact) mass is 347 g/mol. The van der Waals surface area contributed by atoms with Crippen molar-refractivity contribution >= 4 is 11.8 Å². The highest BCUT2D eigenvalue weighted by molar-refractivity contribution is 5.85. The van der Waals surface area contributed by atoms with Gasteiger partial charge >= 0.3 is 0 Å². The smallest absolute Gasteiger partial charge is 0.239 e. The molecule has 0 saturated heterocycles. The molecule has 2 aliphatic rings. The predicted molar refractivity (Wildman–Crippen MR) is 92.7 cm³/mol. The van der Waals surface area contributed by atoms with Crippen LogP contribution in [-0.2, 0) is 15.0 Å². The molecule has 1 heterocycles. The van der Waals surface area contributed by atoms with Gasteiger partial charge in [-0.2, -0.15) is 0 Å². The maximum absolute atomic E-state index is 12.0. The molecule has 7 heteroatoms. The number of carbonyl (C=O) groups excluding carboxylic acids is 2. The predicted octanol–water partition coefficient (Wildman–Crippen LogP) is 0.461. The lowest BCUT2D eigenvalue weighted by molar-refractivity contribution is -0.125. The second-order valence-corrected chi connectivity index (χ2v) is 6.60. The number of benzene rings is 1. The zero-order valence-corrected chi connectivity index (χ0v) is 14.3. The van der Waals surface area contributed by atoms with E-state index in [2.05, 4.69) is 16.7 Å². The van der Waals surface area contributed by atoms with Crippen molar-refractivity contribution in [2.45, 2.75) is 31.1 Å². The van der Waals surface area contributed by atoms with Crippen LogP contribution in [0.3, 0.4) is 0 Å². The highest BCUT2D eigenvalue weighted by atomic mass is 16.6. The first-order valence-electron chi connectivity index (χ1n) is 8.77. The van der Waals surface area contributed by atoms with Crippen LogP contribution in [-0.4, -0.2) is 44.7 Å². The fourth-order valence-corrected chi connectivity index (χ4v) is 3.57. The second-order valence-electron chi connectivity index (χ2n) is 6.60. The normalized spacial score (nSPS) is 17.8. The van der Waals surface area contributed by atoms with E-state index in [9.17, 15) is 9.59 Å². The van der Waals surface area contributed by atoms with Crippen molar-refractivity contribution in [2.24, 2.45) is 5.73 Å². The van der Waals surface area contributed by atoms with Crippen LogP contribution in [0, 0.1) is 0 Å². The van der Waals surface area contributed by atoms with Gasteiger partial charge in [-0.25, -0.2) is 0 Å². The van der Waals surface area contributed by atoms with Gasteiger partial charge in [-0.05, 0) is 30.5 Å². The first-order chi connectivity index (χ1) is 12.1. The maximum Gasteiger partial charge on any atom is 0.239 e. The van der Waals surface area contributed by atoms with Crippen LogP contribution >= 0.6 is 0 Å². The summed E-state index contributed by atoms with van der Waals surface area (Å²) < 4.78 is 11.3. The van der Waals surface area contributed by atoms with Crippen LogP contribution in [0.2, 0.25) is 0 Å². The summed E-state index contributed by atoms with van der Waals surface area (Å²) in [5.74, 6) is 1.01. The molecule has 0 unspecified atom stereocenters. The highest BCUT2D eigenvalue weighted by Gasteiger charge is 2.36. The lowest BCUT2D eigenvalue weighted by atomic mass is 9.78. The number of rotatable bonds is 6. The van der Waals surface area contributed by atoms with Crippen molar-refractivity contribution in [3.05, 3.63) is 23.8 Å². The molecule has 136 valence electrons. The molecule has 1 aromatic rings. The Morgan fingerprint density at radius 3 is 2.48 bits per heavy atom. The van der Waals surface area contributed by atoms with E-state index in [0.29, 0.717) is 19.8 Å². The zero-order valence-electron chi connectivity index (χ0n) is 14.3. The van der Waals surface area contributed by atoms with E-state index in [1.165, 1.54) is 5.56 Å². The SMILES string of the molecule is NCC(=O)NCC(=O)NCC1(c2ccc3c(c2)OCCO3)CCCC1. The molecule has 25 heavy (non-hydrogen) atoms. The van der Waals surface area contributed by atoms with Gasteiger partial charge < -0.3 is 25.8 Å². The lowest BCUT2D eigenvalue weighted by Crippen LogP contribution is -2.44. The Labute approximate surface area is 147 Å². The second kappa shape index (κ2) is 7.74. The van der Waals surface area contributed by atoms with Gasteiger partial charge in [-0.3, -0.25) is 9.59 Å². The zero-order chi connectivity index (χ0) is 17.7. The van der Waals surface area contributed by atoms with Crippen molar-refractivity contribution in [3.8, 4) is 11.5 Å². The van der Waals surface area contributed by atoms with Crippen LogP contribution in [0.1, 0.15) is 31.2 Å². The molecule has 1 aliphatic heterocycles. The molecule has 0 spiro atoms. The average Bonchev–Trinajstić information content (AvgIpc) is 3.14. The Morgan fingerprint density at radius 2 is 1.76 bits per heavy atom. The van der Waals surface area contributed by atoms with Gasteiger partial charge in [0.25, 0.3) is 0 Å². The number of hydrogen-bond donors (Lipinski definition) is 3. The van der Waals surface area contributed by atoms with Crippen LogP contribution in [0.5, 0.6) is 11.5 Å². The van der Waals surface area contributed by atoms with E-state index in [4.69, 9.17) is 15.2 Å². The van der Waals surface area contributed by atoms with Gasteiger partial charge in [-0.15, -0.1) is 0 Å². The molecule has 0 aromatic heterocycles. The molecule has 1 aromatic carbocycles. The van der Waals surface area contributed by atoms with Crippen LogP contribution < -0.4 is 25.8 Å². The molecule has 4 N–H and O–H groups in total. The van der Waals surface area contributed by atoms with Crippen molar-refractivity contribution < 1.29 is 19.1 Å². The molecule has 1 saturated carbocycles. The Hall–Kier alpha value is -2.28. The molecular formula is C18H25N3O4. The first kappa shape index (κ1) is 17.5. The Balaban J connectivity index is 1.67. The molecular weight excluding hydrogens is 322 g/mol. The van der Waals surface area contributed by atoms with Gasteiger partial charge in [0.1, 0.15) is 13.2 Å². The van der Waals surface area contributed by atoms with Crippen LogP contribution in [0.4, 0.5) is 0 Å². The lowest BCUT2D eigenvalue weighted by Gasteiger charge is -2.31. The number of carbonyl (C=O) groups is 2. The quantitative estimate of drug-likeness (QED) is 0.694. The summed E-state index contributed by atoms with van der Waals surface area (Å²) in [5.41, 5.74) is 6.29. The van der Waals surface area contributed by atoms with Crippen molar-refractivity contribution in [2.75, 3.05) is 32.8 Å². The third kappa shape index (κ3) is 4.04. The molecule has 3 rings (SSSR count). The number of nitrogens with one attached hydrogen (secondary N) is 2. The van der Waals surface area contributed by atoms with E-state index in [-0.39, 0.29) is 30.3 Å². The van der Waals surface area contributed by atoms with E-state index >= 15 is 0 Å². The third-order valence-electron chi connectivity index (χ3n) is 4.97. The molecule has 1 fully saturated rings. The van der Waals surface area contributed by atoms with Crippen molar-refractivity contribution in [1.29, 1.82) is 0 Å². The molecule has 0 atom stereocenters. The molecule has 0 radical (unpaired) electrons. The largest absolute Gasteiger partial charge is 0.486 e. The van der Waals surface area contributed by atoms with Crippen molar-refractivity contribution in [1.82, 2.24) is 10.6 Å². The summed E-state index contributed by atoms with van der Waals surface area (Å²) in [6, 6.07) is 6.07.